The zero-order valence-electron chi connectivity index (χ0n) is 12.9. The van der Waals surface area contributed by atoms with Gasteiger partial charge in [0.15, 0.2) is 0 Å². The van der Waals surface area contributed by atoms with Gasteiger partial charge in [-0.1, -0.05) is 48.0 Å². The van der Waals surface area contributed by atoms with Gasteiger partial charge in [-0.15, -0.1) is 0 Å². The number of hydrogen-bond donors (Lipinski definition) is 0. The average Bonchev–Trinajstić information content (AvgIpc) is 2.98. The van der Waals surface area contributed by atoms with Crippen LogP contribution in [-0.4, -0.2) is 11.4 Å². The van der Waals surface area contributed by atoms with Crippen LogP contribution in [0, 0.1) is 6.92 Å². The van der Waals surface area contributed by atoms with Crippen LogP contribution in [0.25, 0.3) is 0 Å². The van der Waals surface area contributed by atoms with Crippen LogP contribution < -0.4 is 0 Å². The molecule has 1 aliphatic rings. The van der Waals surface area contributed by atoms with E-state index in [4.69, 9.17) is 0 Å². The molecule has 1 heterocycles. The minimum Gasteiger partial charge on any atom is -0.369 e. The molecule has 0 aromatic heterocycles. The number of allylic oxidation sites excluding steroid dienone is 1. The summed E-state index contributed by atoms with van der Waals surface area (Å²) in [5, 5.41) is 8.54. The largest absolute Gasteiger partial charge is 0.369 e. The summed E-state index contributed by atoms with van der Waals surface area (Å²) in [6, 6.07) is 18.7. The normalized spacial score (nSPS) is 16.8. The Kier molecular flexibility index (Phi) is 4.64. The minimum absolute atomic E-state index is 0.898. The number of likely N-dealkylation sites (tertiary alicyclic amines) is 1. The third-order valence-corrected chi connectivity index (χ3v) is 3.90. The highest BCUT2D eigenvalue weighted by molar-refractivity contribution is 5.37. The van der Waals surface area contributed by atoms with Gasteiger partial charge in [-0.2, -0.15) is 10.2 Å². The zero-order valence-corrected chi connectivity index (χ0v) is 12.9. The van der Waals surface area contributed by atoms with E-state index in [1.807, 2.05) is 18.3 Å². The number of nitrogens with zero attached hydrogens (tertiary/aromatic N) is 3. The lowest BCUT2D eigenvalue weighted by atomic mass is 10.2. The molecule has 22 heavy (non-hydrogen) atoms. The Morgan fingerprint density at radius 2 is 1.82 bits per heavy atom. The second kappa shape index (κ2) is 7.03. The summed E-state index contributed by atoms with van der Waals surface area (Å²) in [5.41, 5.74) is 4.75. The van der Waals surface area contributed by atoms with E-state index in [2.05, 4.69) is 64.5 Å². The van der Waals surface area contributed by atoms with Crippen molar-refractivity contribution in [3.63, 3.8) is 0 Å². The van der Waals surface area contributed by atoms with Crippen molar-refractivity contribution in [1.82, 2.24) is 4.90 Å². The average molecular weight is 291 g/mol. The third kappa shape index (κ3) is 3.82. The van der Waals surface area contributed by atoms with Gasteiger partial charge < -0.3 is 4.90 Å². The summed E-state index contributed by atoms with van der Waals surface area (Å²) in [6.07, 6.45) is 4.19. The van der Waals surface area contributed by atoms with Gasteiger partial charge >= 0.3 is 0 Å². The molecule has 112 valence electrons. The van der Waals surface area contributed by atoms with Gasteiger partial charge in [0.2, 0.25) is 0 Å². The molecule has 3 nitrogen and oxygen atoms in total. The maximum absolute atomic E-state index is 4.27. The lowest BCUT2D eigenvalue weighted by molar-refractivity contribution is 0.385. The Bertz CT molecular complexity index is 657. The molecule has 0 radical (unpaired) electrons. The third-order valence-electron chi connectivity index (χ3n) is 3.90. The van der Waals surface area contributed by atoms with Crippen LogP contribution in [0.2, 0.25) is 0 Å². The molecule has 0 saturated carbocycles. The van der Waals surface area contributed by atoms with Crippen molar-refractivity contribution in [3.05, 3.63) is 77.6 Å². The Hall–Kier alpha value is -2.42. The van der Waals surface area contributed by atoms with Crippen molar-refractivity contribution in [3.8, 4) is 0 Å². The molecule has 0 bridgehead atoms. The van der Waals surface area contributed by atoms with Crippen LogP contribution >= 0.6 is 0 Å². The van der Waals surface area contributed by atoms with E-state index in [9.17, 15) is 0 Å². The number of azo groups is 1. The number of benzene rings is 2. The van der Waals surface area contributed by atoms with Crippen molar-refractivity contribution in [2.75, 3.05) is 6.54 Å². The molecular formula is C19H21N3. The summed E-state index contributed by atoms with van der Waals surface area (Å²) in [4.78, 5) is 2.39. The maximum atomic E-state index is 4.27. The molecule has 2 aromatic carbocycles. The summed E-state index contributed by atoms with van der Waals surface area (Å²) < 4.78 is 0. The molecule has 1 aliphatic heterocycles. The molecule has 3 rings (SSSR count). The number of rotatable bonds is 4. The fourth-order valence-electron chi connectivity index (χ4n) is 2.66. The molecule has 1 fully saturated rings. The predicted molar refractivity (Wildman–Crippen MR) is 89.9 cm³/mol. The molecule has 0 atom stereocenters. The van der Waals surface area contributed by atoms with Crippen molar-refractivity contribution in [2.45, 2.75) is 26.3 Å². The van der Waals surface area contributed by atoms with E-state index >= 15 is 0 Å². The predicted octanol–water partition coefficient (Wildman–Crippen LogP) is 5.22. The zero-order chi connectivity index (χ0) is 15.2. The topological polar surface area (TPSA) is 28.0 Å². The number of aryl methyl sites for hydroxylation is 1. The smallest absolute Gasteiger partial charge is 0.0857 e. The Balaban J connectivity index is 1.66. The molecular weight excluding hydrogens is 270 g/mol. The fourth-order valence-corrected chi connectivity index (χ4v) is 2.66. The lowest BCUT2D eigenvalue weighted by Gasteiger charge is -2.19. The molecule has 1 saturated heterocycles. The molecule has 0 spiro atoms. The highest BCUT2D eigenvalue weighted by atomic mass is 15.2. The van der Waals surface area contributed by atoms with E-state index in [0.717, 1.165) is 25.2 Å². The van der Waals surface area contributed by atoms with Gasteiger partial charge in [0.25, 0.3) is 0 Å². The Morgan fingerprint density at radius 1 is 1.05 bits per heavy atom. The van der Waals surface area contributed by atoms with Crippen molar-refractivity contribution in [1.29, 1.82) is 0 Å². The standard InChI is InChI=1S/C19H21N3/c1-16-9-11-18(12-10-16)21-20-14-19-8-5-13-22(19)15-17-6-3-2-4-7-17/h2-4,6-7,9-12,14H,5,8,13,15H2,1H3/b19-14+,21-20?. The van der Waals surface area contributed by atoms with E-state index in [-0.39, 0.29) is 0 Å². The van der Waals surface area contributed by atoms with Crippen LogP contribution in [0.3, 0.4) is 0 Å². The van der Waals surface area contributed by atoms with Gasteiger partial charge in [-0.25, -0.2) is 0 Å². The van der Waals surface area contributed by atoms with Gasteiger partial charge in [0, 0.05) is 18.8 Å². The van der Waals surface area contributed by atoms with Gasteiger partial charge in [-0.05, 0) is 37.5 Å². The van der Waals surface area contributed by atoms with Gasteiger partial charge in [-0.3, -0.25) is 0 Å². The molecule has 0 unspecified atom stereocenters. The van der Waals surface area contributed by atoms with Gasteiger partial charge in [0.1, 0.15) is 0 Å². The van der Waals surface area contributed by atoms with Crippen LogP contribution in [0.1, 0.15) is 24.0 Å². The fraction of sp³-hybridized carbons (Fsp3) is 0.263. The Labute approximate surface area is 132 Å². The van der Waals surface area contributed by atoms with Crippen LogP contribution in [0.5, 0.6) is 0 Å². The van der Waals surface area contributed by atoms with Crippen molar-refractivity contribution >= 4 is 5.69 Å². The lowest BCUT2D eigenvalue weighted by Crippen LogP contribution is -2.16. The van der Waals surface area contributed by atoms with Crippen LogP contribution in [0.15, 0.2) is 76.7 Å². The quantitative estimate of drug-likeness (QED) is 0.710. The first-order chi connectivity index (χ1) is 10.8. The van der Waals surface area contributed by atoms with E-state index in [1.54, 1.807) is 0 Å². The second-order valence-electron chi connectivity index (χ2n) is 5.68. The monoisotopic (exact) mass is 291 g/mol. The first kappa shape index (κ1) is 14.5. The highest BCUT2D eigenvalue weighted by Crippen LogP contribution is 2.24. The molecule has 3 heteroatoms. The minimum atomic E-state index is 0.898. The summed E-state index contributed by atoms with van der Waals surface area (Å²) in [6.45, 7) is 4.12. The summed E-state index contributed by atoms with van der Waals surface area (Å²) in [5.74, 6) is 0. The van der Waals surface area contributed by atoms with Crippen molar-refractivity contribution < 1.29 is 0 Å². The first-order valence-electron chi connectivity index (χ1n) is 7.77. The first-order valence-corrected chi connectivity index (χ1v) is 7.77. The SMILES string of the molecule is Cc1ccc(N=N/C=C2\CCCN2Cc2ccccc2)cc1. The Morgan fingerprint density at radius 3 is 2.59 bits per heavy atom. The second-order valence-corrected chi connectivity index (χ2v) is 5.68. The molecule has 0 aliphatic carbocycles. The number of hydrogen-bond acceptors (Lipinski definition) is 3. The van der Waals surface area contributed by atoms with Crippen LogP contribution in [0.4, 0.5) is 5.69 Å². The van der Waals surface area contributed by atoms with Crippen molar-refractivity contribution in [2.24, 2.45) is 10.2 Å². The molecule has 2 aromatic rings. The van der Waals surface area contributed by atoms with E-state index in [0.29, 0.717) is 0 Å². The van der Waals surface area contributed by atoms with E-state index < -0.39 is 0 Å². The summed E-state index contributed by atoms with van der Waals surface area (Å²) >= 11 is 0. The summed E-state index contributed by atoms with van der Waals surface area (Å²) in [7, 11) is 0. The highest BCUT2D eigenvalue weighted by Gasteiger charge is 2.16. The molecule has 0 N–H and O–H groups in total. The van der Waals surface area contributed by atoms with Crippen LogP contribution in [-0.2, 0) is 6.54 Å². The molecule has 0 amide bonds. The van der Waals surface area contributed by atoms with Gasteiger partial charge in [0.05, 0.1) is 11.9 Å². The van der Waals surface area contributed by atoms with E-state index in [1.165, 1.54) is 23.2 Å². The maximum Gasteiger partial charge on any atom is 0.0857 e.